The number of thioether (sulfide) groups is 1. The molecule has 0 saturated heterocycles. The second-order valence-corrected chi connectivity index (χ2v) is 5.97. The van der Waals surface area contributed by atoms with Crippen LogP contribution in [-0.2, 0) is 15.3 Å². The molecule has 0 fully saturated rings. The Bertz CT molecular complexity index is 351. The molecule has 112 valence electrons. The molecule has 0 heterocycles. The van der Waals surface area contributed by atoms with Gasteiger partial charge in [0.1, 0.15) is 0 Å². The second-order valence-electron chi connectivity index (χ2n) is 4.86. The van der Waals surface area contributed by atoms with Crippen molar-refractivity contribution in [3.8, 4) is 0 Å². The number of carbonyl (C=O) groups excluding carboxylic acids is 1. The minimum atomic E-state index is -0.0501. The fraction of sp³-hybridized carbons (Fsp3) is 0.588. The minimum Gasteiger partial charge on any atom is -0.466 e. The van der Waals surface area contributed by atoms with E-state index >= 15 is 0 Å². The van der Waals surface area contributed by atoms with Gasteiger partial charge in [0.2, 0.25) is 0 Å². The first kappa shape index (κ1) is 17.1. The number of hydrogen-bond acceptors (Lipinski definition) is 3. The number of unbranched alkanes of at least 4 members (excludes halogenated alkanes) is 4. The Morgan fingerprint density at radius 3 is 2.50 bits per heavy atom. The third kappa shape index (κ3) is 9.03. The molecule has 1 rings (SSSR count). The smallest absolute Gasteiger partial charge is 0.305 e. The van der Waals surface area contributed by atoms with Crippen molar-refractivity contribution in [1.29, 1.82) is 0 Å². The lowest BCUT2D eigenvalue weighted by atomic mass is 10.1. The largest absolute Gasteiger partial charge is 0.466 e. The molecule has 0 aliphatic carbocycles. The highest BCUT2D eigenvalue weighted by atomic mass is 32.2. The van der Waals surface area contributed by atoms with Crippen LogP contribution in [0.1, 0.15) is 51.0 Å². The van der Waals surface area contributed by atoms with E-state index < -0.39 is 0 Å². The van der Waals surface area contributed by atoms with Crippen molar-refractivity contribution in [1.82, 2.24) is 0 Å². The summed E-state index contributed by atoms with van der Waals surface area (Å²) < 4.78 is 4.90. The van der Waals surface area contributed by atoms with Crippen LogP contribution >= 0.6 is 11.8 Å². The van der Waals surface area contributed by atoms with E-state index in [1.807, 2.05) is 18.7 Å². The molecule has 0 saturated carbocycles. The van der Waals surface area contributed by atoms with E-state index in [1.165, 1.54) is 30.6 Å². The minimum absolute atomic E-state index is 0.0501. The lowest BCUT2D eigenvalue weighted by Crippen LogP contribution is -2.03. The van der Waals surface area contributed by atoms with Crippen LogP contribution in [0.15, 0.2) is 30.3 Å². The average Bonchev–Trinajstić information content (AvgIpc) is 2.47. The highest BCUT2D eigenvalue weighted by Crippen LogP contribution is 2.15. The highest BCUT2D eigenvalue weighted by Gasteiger charge is 2.00. The van der Waals surface area contributed by atoms with E-state index in [1.54, 1.807) is 0 Å². The molecule has 0 atom stereocenters. The molecule has 3 heteroatoms. The number of benzene rings is 1. The zero-order valence-corrected chi connectivity index (χ0v) is 13.3. The molecule has 20 heavy (non-hydrogen) atoms. The standard InChI is InChI=1S/C17H26O2S/c1-2-19-17(18)13-9-4-3-5-10-14-20-15-16-11-7-6-8-12-16/h6-8,11-12H,2-5,9-10,13-15H2,1H3. The second kappa shape index (κ2) is 11.8. The van der Waals surface area contributed by atoms with Crippen LogP contribution in [0.4, 0.5) is 0 Å². The summed E-state index contributed by atoms with van der Waals surface area (Å²) in [5, 5.41) is 0. The van der Waals surface area contributed by atoms with Crippen LogP contribution in [-0.4, -0.2) is 18.3 Å². The van der Waals surface area contributed by atoms with Gasteiger partial charge in [0, 0.05) is 12.2 Å². The quantitative estimate of drug-likeness (QED) is 0.432. The molecule has 0 N–H and O–H groups in total. The van der Waals surface area contributed by atoms with Gasteiger partial charge in [-0.1, -0.05) is 49.6 Å². The van der Waals surface area contributed by atoms with E-state index in [4.69, 9.17) is 4.74 Å². The van der Waals surface area contributed by atoms with Crippen molar-refractivity contribution in [2.45, 2.75) is 51.2 Å². The van der Waals surface area contributed by atoms with Gasteiger partial charge in [-0.25, -0.2) is 0 Å². The van der Waals surface area contributed by atoms with E-state index in [2.05, 4.69) is 30.3 Å². The van der Waals surface area contributed by atoms with Gasteiger partial charge in [-0.3, -0.25) is 4.79 Å². The summed E-state index contributed by atoms with van der Waals surface area (Å²) in [6.45, 7) is 2.35. The van der Waals surface area contributed by atoms with Crippen molar-refractivity contribution in [3.05, 3.63) is 35.9 Å². The van der Waals surface area contributed by atoms with Crippen molar-refractivity contribution >= 4 is 17.7 Å². The Kier molecular flexibility index (Phi) is 10.1. The average molecular weight is 294 g/mol. The van der Waals surface area contributed by atoms with E-state index in [0.29, 0.717) is 13.0 Å². The first-order valence-corrected chi connectivity index (χ1v) is 8.75. The zero-order valence-electron chi connectivity index (χ0n) is 12.5. The summed E-state index contributed by atoms with van der Waals surface area (Å²) in [6.07, 6.45) is 6.46. The van der Waals surface area contributed by atoms with Crippen LogP contribution in [0, 0.1) is 0 Å². The summed E-state index contributed by atoms with van der Waals surface area (Å²) in [6, 6.07) is 10.6. The van der Waals surface area contributed by atoms with Crippen LogP contribution in [0.2, 0.25) is 0 Å². The van der Waals surface area contributed by atoms with Crippen molar-refractivity contribution in [2.75, 3.05) is 12.4 Å². The van der Waals surface area contributed by atoms with Gasteiger partial charge in [0.05, 0.1) is 6.61 Å². The summed E-state index contributed by atoms with van der Waals surface area (Å²) in [5.74, 6) is 2.29. The van der Waals surface area contributed by atoms with Crippen molar-refractivity contribution < 1.29 is 9.53 Å². The van der Waals surface area contributed by atoms with Crippen LogP contribution in [0.3, 0.4) is 0 Å². The predicted molar refractivity (Wildman–Crippen MR) is 86.9 cm³/mol. The maximum atomic E-state index is 11.1. The molecule has 0 aromatic heterocycles. The van der Waals surface area contributed by atoms with Crippen LogP contribution in [0.25, 0.3) is 0 Å². The third-order valence-corrected chi connectivity index (χ3v) is 4.20. The Balaban J connectivity index is 1.84. The van der Waals surface area contributed by atoms with Gasteiger partial charge < -0.3 is 4.74 Å². The monoisotopic (exact) mass is 294 g/mol. The lowest BCUT2D eigenvalue weighted by Gasteiger charge is -2.03. The van der Waals surface area contributed by atoms with Crippen molar-refractivity contribution in [3.63, 3.8) is 0 Å². The Labute approximate surface area is 127 Å². The lowest BCUT2D eigenvalue weighted by molar-refractivity contribution is -0.143. The van der Waals surface area contributed by atoms with Crippen molar-refractivity contribution in [2.24, 2.45) is 0 Å². The molecular weight excluding hydrogens is 268 g/mol. The number of carbonyl (C=O) groups is 1. The molecule has 2 nitrogen and oxygen atoms in total. The van der Waals surface area contributed by atoms with Gasteiger partial charge >= 0.3 is 5.97 Å². The first-order chi connectivity index (χ1) is 9.83. The fourth-order valence-corrected chi connectivity index (χ4v) is 2.98. The summed E-state index contributed by atoms with van der Waals surface area (Å²) >= 11 is 2.01. The molecule has 0 radical (unpaired) electrons. The van der Waals surface area contributed by atoms with E-state index in [9.17, 15) is 4.79 Å². The molecule has 0 amide bonds. The third-order valence-electron chi connectivity index (χ3n) is 3.09. The van der Waals surface area contributed by atoms with Crippen LogP contribution < -0.4 is 0 Å². The number of rotatable bonds is 11. The number of ether oxygens (including phenoxy) is 1. The SMILES string of the molecule is CCOC(=O)CCCCCCCSCc1ccccc1. The molecule has 0 unspecified atom stereocenters. The van der Waals surface area contributed by atoms with Gasteiger partial charge in [0.25, 0.3) is 0 Å². The van der Waals surface area contributed by atoms with E-state index in [-0.39, 0.29) is 5.97 Å². The molecule has 0 spiro atoms. The summed E-state index contributed by atoms with van der Waals surface area (Å²) in [7, 11) is 0. The normalized spacial score (nSPS) is 10.4. The molecular formula is C17H26O2S. The maximum absolute atomic E-state index is 11.1. The first-order valence-electron chi connectivity index (χ1n) is 7.60. The topological polar surface area (TPSA) is 26.3 Å². The van der Waals surface area contributed by atoms with Gasteiger partial charge in [-0.2, -0.15) is 11.8 Å². The maximum Gasteiger partial charge on any atom is 0.305 e. The molecule has 0 aliphatic heterocycles. The fourth-order valence-electron chi connectivity index (χ4n) is 2.00. The Morgan fingerprint density at radius 2 is 1.75 bits per heavy atom. The Morgan fingerprint density at radius 1 is 1.05 bits per heavy atom. The highest BCUT2D eigenvalue weighted by molar-refractivity contribution is 7.98. The molecule has 0 bridgehead atoms. The summed E-state index contributed by atoms with van der Waals surface area (Å²) in [4.78, 5) is 11.1. The van der Waals surface area contributed by atoms with Gasteiger partial charge in [0.15, 0.2) is 0 Å². The van der Waals surface area contributed by atoms with Gasteiger partial charge in [-0.15, -0.1) is 0 Å². The Hall–Kier alpha value is -0.960. The molecule has 1 aromatic rings. The predicted octanol–water partition coefficient (Wildman–Crippen LogP) is 4.82. The van der Waals surface area contributed by atoms with E-state index in [0.717, 1.165) is 18.6 Å². The zero-order chi connectivity index (χ0) is 14.5. The van der Waals surface area contributed by atoms with Gasteiger partial charge in [-0.05, 0) is 31.1 Å². The molecule has 1 aromatic carbocycles. The number of hydrogen-bond donors (Lipinski definition) is 0. The summed E-state index contributed by atoms with van der Waals surface area (Å²) in [5.41, 5.74) is 1.41. The molecule has 0 aliphatic rings. The van der Waals surface area contributed by atoms with Crippen LogP contribution in [0.5, 0.6) is 0 Å². The number of esters is 1.